The van der Waals surface area contributed by atoms with Gasteiger partial charge in [-0.15, -0.1) is 0 Å². The van der Waals surface area contributed by atoms with Gasteiger partial charge in [0.2, 0.25) is 5.88 Å². The van der Waals surface area contributed by atoms with E-state index in [4.69, 9.17) is 14.2 Å². The quantitative estimate of drug-likeness (QED) is 0.697. The van der Waals surface area contributed by atoms with Crippen LogP contribution in [-0.4, -0.2) is 56.7 Å². The van der Waals surface area contributed by atoms with Crippen molar-refractivity contribution < 1.29 is 14.2 Å². The summed E-state index contributed by atoms with van der Waals surface area (Å²) < 4.78 is 20.1. The lowest BCUT2D eigenvalue weighted by Gasteiger charge is -2.24. The van der Waals surface area contributed by atoms with E-state index in [1.807, 2.05) is 34.6 Å². The molecule has 29 heavy (non-hydrogen) atoms. The maximum Gasteiger partial charge on any atom is 0.242 e. The van der Waals surface area contributed by atoms with E-state index >= 15 is 0 Å². The third-order valence-electron chi connectivity index (χ3n) is 4.82. The van der Waals surface area contributed by atoms with Crippen molar-refractivity contribution >= 4 is 22.8 Å². The minimum Gasteiger partial charge on any atom is -0.470 e. The molecule has 0 saturated carbocycles. The number of fused-ring (bicyclic) bond motifs is 1. The number of nitrogens with one attached hydrogen (secondary N) is 1. The predicted molar refractivity (Wildman–Crippen MR) is 117 cm³/mol. The average Bonchev–Trinajstić information content (AvgIpc) is 3.18. The molecule has 2 atom stereocenters. The van der Waals surface area contributed by atoms with Gasteiger partial charge in [0.25, 0.3) is 0 Å². The lowest BCUT2D eigenvalue weighted by molar-refractivity contribution is -0.141. The van der Waals surface area contributed by atoms with Crippen LogP contribution in [0.4, 0.5) is 0 Å². The van der Waals surface area contributed by atoms with Crippen LogP contribution in [0.3, 0.4) is 0 Å². The Hall–Kier alpha value is -1.35. The Bertz CT molecular complexity index is 831. The summed E-state index contributed by atoms with van der Waals surface area (Å²) in [6.45, 7) is 14.3. The van der Waals surface area contributed by atoms with E-state index in [1.165, 1.54) is 0 Å². The van der Waals surface area contributed by atoms with Gasteiger partial charge in [-0.3, -0.25) is 0 Å². The summed E-state index contributed by atoms with van der Waals surface area (Å²) in [5.41, 5.74) is 2.69. The summed E-state index contributed by atoms with van der Waals surface area (Å²) in [6, 6.07) is 0.193. The Morgan fingerprint density at radius 2 is 2.14 bits per heavy atom. The number of nitrogens with zero attached hydrogens (tertiary/aromatic N) is 3. The average molecular weight is 423 g/mol. The number of aryl methyl sites for hydroxylation is 1. The van der Waals surface area contributed by atoms with Gasteiger partial charge < -0.3 is 24.1 Å². The molecule has 0 radical (unpaired) electrons. The first kappa shape index (κ1) is 22.3. The van der Waals surface area contributed by atoms with Gasteiger partial charge in [0.05, 0.1) is 6.61 Å². The standard InChI is InChI=1S/C21H34N4O3S/c1-8-25-10-14(17-18(25)19(24-13-23-17)28-20(2,3)4)9-22-15(12-29-7)16-11-26-21(5,6)27-16/h10,13,15-16,22H,8-9,11-12H2,1-7H3/t15-,16+/m1/s1. The fourth-order valence-electron chi connectivity index (χ4n) is 3.55. The van der Waals surface area contributed by atoms with Crippen LogP contribution in [0.25, 0.3) is 11.0 Å². The van der Waals surface area contributed by atoms with Crippen molar-refractivity contribution in [2.75, 3.05) is 18.6 Å². The van der Waals surface area contributed by atoms with Crippen LogP contribution in [0, 0.1) is 0 Å². The van der Waals surface area contributed by atoms with Crippen molar-refractivity contribution in [3.8, 4) is 5.88 Å². The number of ether oxygens (including phenoxy) is 3. The smallest absolute Gasteiger partial charge is 0.242 e. The van der Waals surface area contributed by atoms with Crippen molar-refractivity contribution in [3.05, 3.63) is 18.1 Å². The second-order valence-corrected chi connectivity index (χ2v) is 9.75. The van der Waals surface area contributed by atoms with Crippen LogP contribution < -0.4 is 10.1 Å². The molecule has 3 rings (SSSR count). The lowest BCUT2D eigenvalue weighted by Crippen LogP contribution is -2.43. The predicted octanol–water partition coefficient (Wildman–Crippen LogP) is 3.60. The SMILES string of the molecule is CCn1cc(CN[C@H](CSC)[C@@H]2COC(C)(C)O2)c2ncnc(OC(C)(C)C)c21. The molecule has 0 bridgehead atoms. The Labute approximate surface area is 177 Å². The lowest BCUT2D eigenvalue weighted by atomic mass is 10.2. The summed E-state index contributed by atoms with van der Waals surface area (Å²) in [7, 11) is 0. The van der Waals surface area contributed by atoms with Crippen LogP contribution in [0.2, 0.25) is 0 Å². The maximum absolute atomic E-state index is 6.11. The highest BCUT2D eigenvalue weighted by atomic mass is 32.2. The molecule has 0 unspecified atom stereocenters. The Kier molecular flexibility index (Phi) is 6.77. The molecule has 8 heteroatoms. The van der Waals surface area contributed by atoms with Gasteiger partial charge >= 0.3 is 0 Å². The highest BCUT2D eigenvalue weighted by Gasteiger charge is 2.37. The topological polar surface area (TPSA) is 70.4 Å². The molecule has 0 spiro atoms. The first-order valence-corrected chi connectivity index (χ1v) is 11.6. The van der Waals surface area contributed by atoms with E-state index in [2.05, 4.69) is 39.2 Å². The summed E-state index contributed by atoms with van der Waals surface area (Å²) in [5, 5.41) is 3.67. The van der Waals surface area contributed by atoms with Gasteiger partial charge in [0.1, 0.15) is 29.1 Å². The second kappa shape index (κ2) is 8.79. The van der Waals surface area contributed by atoms with Crippen LogP contribution >= 0.6 is 11.8 Å². The number of aromatic nitrogens is 3. The van der Waals surface area contributed by atoms with Crippen LogP contribution in [-0.2, 0) is 22.6 Å². The molecule has 1 saturated heterocycles. The van der Waals surface area contributed by atoms with Crippen molar-refractivity contribution in [2.45, 2.75) is 78.2 Å². The van der Waals surface area contributed by atoms with Crippen molar-refractivity contribution in [3.63, 3.8) is 0 Å². The largest absolute Gasteiger partial charge is 0.470 e. The normalized spacial score (nSPS) is 20.3. The zero-order valence-corrected chi connectivity index (χ0v) is 19.4. The van der Waals surface area contributed by atoms with Gasteiger partial charge in [-0.2, -0.15) is 16.7 Å². The third kappa shape index (κ3) is 5.42. The summed E-state index contributed by atoms with van der Waals surface area (Å²) >= 11 is 1.81. The molecule has 0 amide bonds. The van der Waals surface area contributed by atoms with Gasteiger partial charge in [-0.1, -0.05) is 0 Å². The monoisotopic (exact) mass is 422 g/mol. The van der Waals surface area contributed by atoms with Gasteiger partial charge in [0, 0.05) is 36.6 Å². The molecule has 2 aromatic heterocycles. The van der Waals surface area contributed by atoms with Crippen molar-refractivity contribution in [2.24, 2.45) is 0 Å². The first-order valence-electron chi connectivity index (χ1n) is 10.2. The minimum absolute atomic E-state index is 0.0337. The molecule has 1 fully saturated rings. The molecular formula is C21H34N4O3S. The molecule has 0 aliphatic carbocycles. The molecule has 2 aromatic rings. The Balaban J connectivity index is 1.83. The zero-order valence-electron chi connectivity index (χ0n) is 18.6. The molecule has 1 N–H and O–H groups in total. The fraction of sp³-hybridized carbons (Fsp3) is 0.714. The molecule has 1 aliphatic rings. The van der Waals surface area contributed by atoms with Crippen LogP contribution in [0.1, 0.15) is 47.1 Å². The third-order valence-corrected chi connectivity index (χ3v) is 5.51. The van der Waals surface area contributed by atoms with Gasteiger partial charge in [-0.25, -0.2) is 4.98 Å². The highest BCUT2D eigenvalue weighted by Crippen LogP contribution is 2.29. The van der Waals surface area contributed by atoms with Gasteiger partial charge in [-0.05, 0) is 47.8 Å². The molecule has 0 aromatic carbocycles. The summed E-state index contributed by atoms with van der Waals surface area (Å²) in [5.74, 6) is 1.06. The zero-order chi connectivity index (χ0) is 21.2. The maximum atomic E-state index is 6.11. The van der Waals surface area contributed by atoms with E-state index in [9.17, 15) is 0 Å². The summed E-state index contributed by atoms with van der Waals surface area (Å²) in [6.07, 6.45) is 5.88. The highest BCUT2D eigenvalue weighted by molar-refractivity contribution is 7.98. The van der Waals surface area contributed by atoms with Crippen LogP contribution in [0.15, 0.2) is 12.5 Å². The molecular weight excluding hydrogens is 388 g/mol. The Morgan fingerprint density at radius 1 is 1.38 bits per heavy atom. The molecule has 162 valence electrons. The van der Waals surface area contributed by atoms with Crippen molar-refractivity contribution in [1.29, 1.82) is 0 Å². The molecule has 7 nitrogen and oxygen atoms in total. The number of thioether (sulfide) groups is 1. The van der Waals surface area contributed by atoms with E-state index < -0.39 is 5.79 Å². The van der Waals surface area contributed by atoms with E-state index in [0.29, 0.717) is 19.0 Å². The van der Waals surface area contributed by atoms with Gasteiger partial charge in [0.15, 0.2) is 5.79 Å². The van der Waals surface area contributed by atoms with Crippen LogP contribution in [0.5, 0.6) is 5.88 Å². The van der Waals surface area contributed by atoms with Crippen molar-refractivity contribution in [1.82, 2.24) is 19.9 Å². The number of rotatable bonds is 8. The van der Waals surface area contributed by atoms with E-state index in [1.54, 1.807) is 18.1 Å². The Morgan fingerprint density at radius 3 is 2.72 bits per heavy atom. The first-order chi connectivity index (χ1) is 13.6. The number of hydrogen-bond donors (Lipinski definition) is 1. The second-order valence-electron chi connectivity index (χ2n) is 8.84. The minimum atomic E-state index is -0.520. The fourth-order valence-corrected chi connectivity index (χ4v) is 4.24. The summed E-state index contributed by atoms with van der Waals surface area (Å²) in [4.78, 5) is 8.98. The molecule has 1 aliphatic heterocycles. The number of hydrogen-bond acceptors (Lipinski definition) is 7. The van der Waals surface area contributed by atoms with E-state index in [-0.39, 0.29) is 17.7 Å². The molecule has 3 heterocycles. The van der Waals surface area contributed by atoms with E-state index in [0.717, 1.165) is 28.9 Å².